The van der Waals surface area contributed by atoms with Crippen LogP contribution in [0.2, 0.25) is 0 Å². The summed E-state index contributed by atoms with van der Waals surface area (Å²) in [4.78, 5) is 34.3. The molecular formula is C83H171NO4S. The Kier molecular flexibility index (Phi) is 46.7. The molecule has 0 aromatic heterocycles. The Morgan fingerprint density at radius 3 is 0.596 bits per heavy atom. The number of carbonyl (C=O) groups is 3. The van der Waals surface area contributed by atoms with Gasteiger partial charge in [0.15, 0.2) is 0 Å². The van der Waals surface area contributed by atoms with Gasteiger partial charge < -0.3 is 10.1 Å². The molecule has 0 aliphatic heterocycles. The number of amides is 1. The number of allylic oxidation sites excluding steroid dienone is 4. The summed E-state index contributed by atoms with van der Waals surface area (Å²) in [6.07, 6.45) is 11.1. The largest absolute Gasteiger partial charge is 0.370 e. The van der Waals surface area contributed by atoms with E-state index >= 15 is 0 Å². The summed E-state index contributed by atoms with van der Waals surface area (Å²) < 4.78 is 6.43. The van der Waals surface area contributed by atoms with Crippen molar-refractivity contribution in [1.29, 1.82) is 0 Å². The number of rotatable bonds is 1. The van der Waals surface area contributed by atoms with Gasteiger partial charge in [-0.1, -0.05) is 306 Å². The summed E-state index contributed by atoms with van der Waals surface area (Å²) in [7, 11) is 0. The Bertz CT molecular complexity index is 1770. The summed E-state index contributed by atoms with van der Waals surface area (Å²) in [5, 5.41) is 2.92. The first-order valence-electron chi connectivity index (χ1n) is 33.9. The SMILES string of the molecule is CC(C)(C)/C=C/C(C)(C)C.CC(C)(C)/C=C\C(C)(C)C.CC(C)(C)C#CC(C)(C)C.CC(C)(C)C(=O)C(C)(C)C.CC(C)(C)CC(=O)C(C)(C)C.CC(C)(C)CC(C)(C)C.CC(C)(C)NC(=O)C(C)(C)C.CC(C)(C)OC(C)(C)C.CC(C)(C)SC(C)(C)C. The van der Waals surface area contributed by atoms with Crippen molar-refractivity contribution in [3.63, 3.8) is 0 Å². The van der Waals surface area contributed by atoms with Crippen LogP contribution < -0.4 is 5.32 Å². The minimum atomic E-state index is -0.284. The van der Waals surface area contributed by atoms with Crippen molar-refractivity contribution in [1.82, 2.24) is 5.32 Å². The monoisotopic (exact) mass is 1280 g/mol. The lowest BCUT2D eigenvalue weighted by Crippen LogP contribution is -2.46. The van der Waals surface area contributed by atoms with Crippen LogP contribution >= 0.6 is 11.8 Å². The fraction of sp³-hybridized carbons (Fsp3) is 0.892. The lowest BCUT2D eigenvalue weighted by atomic mass is 9.76. The molecule has 0 saturated carbocycles. The zero-order chi connectivity index (χ0) is 75.5. The second-order valence-electron chi connectivity index (χ2n) is 44.0. The number of thioether (sulfide) groups is 1. The average Bonchev–Trinajstić information content (AvgIpc) is 3.08. The van der Waals surface area contributed by atoms with E-state index in [4.69, 9.17) is 4.74 Å². The zero-order valence-corrected chi connectivity index (χ0v) is 72.6. The highest BCUT2D eigenvalue weighted by Gasteiger charge is 2.32. The van der Waals surface area contributed by atoms with Crippen molar-refractivity contribution in [2.24, 2.45) is 70.4 Å². The molecule has 0 spiro atoms. The van der Waals surface area contributed by atoms with Gasteiger partial charge in [-0.2, -0.15) is 11.8 Å². The summed E-state index contributed by atoms with van der Waals surface area (Å²) >= 11 is 2.01. The number of Topliss-reactive ketones (excluding diaryl/α,β-unsaturated/α-hetero) is 2. The molecule has 0 radical (unpaired) electrons. The molecule has 0 fully saturated rings. The molecule has 0 aromatic carbocycles. The summed E-state index contributed by atoms with van der Waals surface area (Å²) in [6.45, 7) is 115. The van der Waals surface area contributed by atoms with Gasteiger partial charge in [-0.15, -0.1) is 0 Å². The van der Waals surface area contributed by atoms with E-state index in [2.05, 4.69) is 311 Å². The van der Waals surface area contributed by atoms with Gasteiger partial charge in [-0.3, -0.25) is 14.4 Å². The molecule has 0 aromatic rings. The lowest BCUT2D eigenvalue weighted by molar-refractivity contribution is -0.134. The van der Waals surface area contributed by atoms with Crippen molar-refractivity contribution in [3.05, 3.63) is 24.3 Å². The number of carbonyl (C=O) groups excluding carboxylic acids is 3. The molecule has 1 N–H and O–H groups in total. The molecule has 0 aliphatic rings. The number of hydrogen-bond donors (Lipinski definition) is 1. The predicted molar refractivity (Wildman–Crippen MR) is 414 cm³/mol. The second kappa shape index (κ2) is 39.3. The summed E-state index contributed by atoms with van der Waals surface area (Å²) in [6, 6.07) is 0. The van der Waals surface area contributed by atoms with E-state index in [1.54, 1.807) is 0 Å². The van der Waals surface area contributed by atoms with Crippen LogP contribution in [0.1, 0.15) is 387 Å². The Hall–Kier alpha value is -1.84. The van der Waals surface area contributed by atoms with Crippen molar-refractivity contribution >= 4 is 29.2 Å². The molecule has 0 unspecified atom stereocenters. The third-order valence-electron chi connectivity index (χ3n) is 9.32. The van der Waals surface area contributed by atoms with E-state index in [1.807, 2.05) is 116 Å². The molecule has 0 saturated heterocycles. The van der Waals surface area contributed by atoms with Gasteiger partial charge >= 0.3 is 0 Å². The van der Waals surface area contributed by atoms with Gasteiger partial charge in [-0.05, 0) is 148 Å². The molecule has 6 heteroatoms. The van der Waals surface area contributed by atoms with E-state index < -0.39 is 0 Å². The maximum Gasteiger partial charge on any atom is 0.225 e. The van der Waals surface area contributed by atoms with Crippen molar-refractivity contribution in [2.45, 2.75) is 413 Å². The van der Waals surface area contributed by atoms with Gasteiger partial charge in [0, 0.05) is 53.9 Å². The van der Waals surface area contributed by atoms with E-state index in [0.29, 0.717) is 60.0 Å². The third-order valence-corrected chi connectivity index (χ3v) is 10.5. The number of nitrogens with one attached hydrogen (secondary N) is 1. The van der Waals surface area contributed by atoms with Crippen LogP contribution in [-0.2, 0) is 19.1 Å². The molecule has 0 atom stereocenters. The number of ketones is 2. The molecule has 5 nitrogen and oxygen atoms in total. The maximum absolute atomic E-state index is 11.5. The molecule has 0 rings (SSSR count). The van der Waals surface area contributed by atoms with Gasteiger partial charge in [0.05, 0.1) is 11.2 Å². The normalized spacial score (nSPS) is 13.6. The van der Waals surface area contributed by atoms with Crippen LogP contribution in [0.3, 0.4) is 0 Å². The summed E-state index contributed by atoms with van der Waals surface area (Å²) in [5.41, 5.74) is 1.69. The van der Waals surface area contributed by atoms with Gasteiger partial charge in [-0.25, -0.2) is 0 Å². The first-order valence-corrected chi connectivity index (χ1v) is 34.7. The highest BCUT2D eigenvalue weighted by molar-refractivity contribution is 8.01. The maximum atomic E-state index is 11.5. The molecule has 1 amide bonds. The summed E-state index contributed by atoms with van der Waals surface area (Å²) in [5.74, 6) is 7.20. The molecule has 0 bridgehead atoms. The van der Waals surface area contributed by atoms with Crippen LogP contribution in [0.5, 0.6) is 0 Å². The second-order valence-corrected chi connectivity index (χ2v) is 46.7. The van der Waals surface area contributed by atoms with Crippen molar-refractivity contribution in [3.8, 4) is 11.8 Å². The van der Waals surface area contributed by atoms with E-state index in [-0.39, 0.29) is 60.6 Å². The Labute approximate surface area is 570 Å². The first-order chi connectivity index (χ1) is 37.2. The van der Waals surface area contributed by atoms with Crippen molar-refractivity contribution < 1.29 is 19.1 Å². The predicted octanol–water partition coefficient (Wildman–Crippen LogP) is 27.4. The average molecular weight is 1280 g/mol. The van der Waals surface area contributed by atoms with Crippen LogP contribution in [-0.4, -0.2) is 43.7 Å². The fourth-order valence-electron chi connectivity index (χ4n) is 7.20. The molecule has 89 heavy (non-hydrogen) atoms. The van der Waals surface area contributed by atoms with Gasteiger partial charge in [0.25, 0.3) is 0 Å². The van der Waals surface area contributed by atoms with Crippen LogP contribution in [0.25, 0.3) is 0 Å². The molecule has 538 valence electrons. The van der Waals surface area contributed by atoms with Gasteiger partial charge in [0.1, 0.15) is 11.6 Å². The van der Waals surface area contributed by atoms with Crippen LogP contribution in [0.4, 0.5) is 0 Å². The van der Waals surface area contributed by atoms with E-state index in [9.17, 15) is 14.4 Å². The third kappa shape index (κ3) is 121. The highest BCUT2D eigenvalue weighted by atomic mass is 32.2. The topological polar surface area (TPSA) is 72.5 Å². The quantitative estimate of drug-likeness (QED) is 0.209. The molecule has 0 aliphatic carbocycles. The Morgan fingerprint density at radius 2 is 0.551 bits per heavy atom. The smallest absolute Gasteiger partial charge is 0.225 e. The van der Waals surface area contributed by atoms with Crippen molar-refractivity contribution in [2.75, 3.05) is 0 Å². The number of hydrogen-bond acceptors (Lipinski definition) is 5. The lowest BCUT2D eigenvalue weighted by Gasteiger charge is -2.30. The number of ether oxygens (including phenoxy) is 1. The fourth-order valence-corrected chi connectivity index (χ4v) is 9.04. The minimum Gasteiger partial charge on any atom is -0.370 e. The van der Waals surface area contributed by atoms with Crippen LogP contribution in [0.15, 0.2) is 24.3 Å². The Balaban J connectivity index is -0.000000116. The highest BCUT2D eigenvalue weighted by Crippen LogP contribution is 2.36. The zero-order valence-electron chi connectivity index (χ0n) is 71.8. The molecule has 0 heterocycles. The minimum absolute atomic E-state index is 0.0156. The standard InChI is InChI=1S/C10H20O.2C10H20.C10H18.C9H19NO.C9H18O.C9H20.C8H18O.C8H18S/c1-9(2,3)7-8(11)10(4,5)6;3*1-9(2,3)7-8-10(4,5)6;1-8(2,3)7(11)10-9(4,5)6;1-8(2,3)7(10)9(4,5)6;1-8(2,3)7-9(4,5)6;2*1-7(2,3)9-8(4,5)6/h7H2,1-6H3;2*7-8H,1-6H3;1-6H3;1-6H3,(H,10,11);1-6H3;7H2,1-6H3;2*1-6H3/b;8-7+;8-7-;;;;;;. The van der Waals surface area contributed by atoms with Crippen LogP contribution in [0, 0.1) is 82.2 Å². The van der Waals surface area contributed by atoms with Gasteiger partial charge in [0.2, 0.25) is 5.91 Å². The molecular weight excluding hydrogens is 1110 g/mol. The van der Waals surface area contributed by atoms with E-state index in [0.717, 1.165) is 0 Å². The first kappa shape index (κ1) is 106. The van der Waals surface area contributed by atoms with E-state index in [1.165, 1.54) is 6.42 Å². The Morgan fingerprint density at radius 1 is 0.326 bits per heavy atom.